The summed E-state index contributed by atoms with van der Waals surface area (Å²) in [6, 6.07) is 17.3. The molecular formula is C23H27N3O. The molecule has 4 rings (SSSR count). The highest BCUT2D eigenvalue weighted by molar-refractivity contribution is 5.79. The maximum absolute atomic E-state index is 9.93. The van der Waals surface area contributed by atoms with Crippen LogP contribution in [0.3, 0.4) is 0 Å². The molecule has 140 valence electrons. The Hall–Kier alpha value is -2.51. The predicted octanol–water partition coefficient (Wildman–Crippen LogP) is 4.30. The van der Waals surface area contributed by atoms with E-state index in [1.54, 1.807) is 7.11 Å². The third kappa shape index (κ3) is 3.65. The Bertz CT molecular complexity index is 828. The van der Waals surface area contributed by atoms with Gasteiger partial charge in [0.25, 0.3) is 0 Å². The zero-order valence-corrected chi connectivity index (χ0v) is 16.0. The molecule has 2 aliphatic heterocycles. The molecule has 0 bridgehead atoms. The molecule has 4 heteroatoms. The van der Waals surface area contributed by atoms with Gasteiger partial charge in [0.05, 0.1) is 18.4 Å². The maximum Gasteiger partial charge on any atom is 0.119 e. The van der Waals surface area contributed by atoms with Crippen LogP contribution in [0, 0.1) is 11.3 Å². The number of ether oxygens (including phenoxy) is 1. The number of hydrogen-bond donors (Lipinski definition) is 0. The van der Waals surface area contributed by atoms with E-state index in [9.17, 15) is 5.26 Å². The van der Waals surface area contributed by atoms with Gasteiger partial charge in [-0.2, -0.15) is 5.26 Å². The minimum atomic E-state index is 0.718. The lowest BCUT2D eigenvalue weighted by atomic mass is 9.96. The highest BCUT2D eigenvalue weighted by Crippen LogP contribution is 2.34. The number of likely N-dealkylation sites (tertiary alicyclic amines) is 1. The summed E-state index contributed by atoms with van der Waals surface area (Å²) < 4.78 is 5.36. The molecule has 0 amide bonds. The molecular weight excluding hydrogens is 334 g/mol. The van der Waals surface area contributed by atoms with Crippen LogP contribution in [0.5, 0.6) is 5.75 Å². The minimum absolute atomic E-state index is 0.718. The van der Waals surface area contributed by atoms with E-state index >= 15 is 0 Å². The molecule has 0 saturated carbocycles. The van der Waals surface area contributed by atoms with Crippen molar-refractivity contribution < 1.29 is 4.74 Å². The predicted molar refractivity (Wildman–Crippen MR) is 109 cm³/mol. The van der Waals surface area contributed by atoms with Crippen molar-refractivity contribution in [2.75, 3.05) is 38.2 Å². The van der Waals surface area contributed by atoms with Crippen LogP contribution < -0.4 is 9.64 Å². The van der Waals surface area contributed by atoms with Gasteiger partial charge in [-0.25, -0.2) is 0 Å². The smallest absolute Gasteiger partial charge is 0.119 e. The van der Waals surface area contributed by atoms with Crippen LogP contribution >= 0.6 is 0 Å². The number of rotatable bonds is 4. The van der Waals surface area contributed by atoms with E-state index in [0.717, 1.165) is 47.3 Å². The molecule has 4 nitrogen and oxygen atoms in total. The molecule has 2 heterocycles. The number of hydrogen-bond acceptors (Lipinski definition) is 4. The Morgan fingerprint density at radius 1 is 1.00 bits per heavy atom. The van der Waals surface area contributed by atoms with Gasteiger partial charge in [0.2, 0.25) is 0 Å². The van der Waals surface area contributed by atoms with Crippen molar-refractivity contribution in [3.05, 3.63) is 48.0 Å². The average Bonchev–Trinajstić information content (AvgIpc) is 3.28. The summed E-state index contributed by atoms with van der Waals surface area (Å²) in [5.41, 5.74) is 3.85. The van der Waals surface area contributed by atoms with E-state index in [2.05, 4.69) is 28.0 Å². The van der Waals surface area contributed by atoms with Gasteiger partial charge in [0.1, 0.15) is 11.8 Å². The van der Waals surface area contributed by atoms with Crippen LogP contribution in [0.1, 0.15) is 31.2 Å². The zero-order valence-electron chi connectivity index (χ0n) is 16.0. The van der Waals surface area contributed by atoms with Gasteiger partial charge in [-0.3, -0.25) is 0 Å². The van der Waals surface area contributed by atoms with Gasteiger partial charge in [-0.15, -0.1) is 0 Å². The molecule has 2 saturated heterocycles. The molecule has 0 aliphatic carbocycles. The van der Waals surface area contributed by atoms with Crippen molar-refractivity contribution in [1.82, 2.24) is 4.90 Å². The van der Waals surface area contributed by atoms with Gasteiger partial charge in [-0.05, 0) is 62.5 Å². The fraction of sp³-hybridized carbons (Fsp3) is 0.435. The number of piperidine rings is 1. The number of nitrogens with zero attached hydrogens (tertiary/aromatic N) is 3. The van der Waals surface area contributed by atoms with Gasteiger partial charge >= 0.3 is 0 Å². The van der Waals surface area contributed by atoms with Crippen LogP contribution in [0.25, 0.3) is 11.1 Å². The van der Waals surface area contributed by atoms with E-state index < -0.39 is 0 Å². The summed E-state index contributed by atoms with van der Waals surface area (Å²) in [5.74, 6) is 0.813. The van der Waals surface area contributed by atoms with E-state index in [1.165, 1.54) is 38.8 Å². The van der Waals surface area contributed by atoms with Gasteiger partial charge in [0.15, 0.2) is 0 Å². The fourth-order valence-electron chi connectivity index (χ4n) is 4.53. The first-order chi connectivity index (χ1) is 13.3. The minimum Gasteiger partial charge on any atom is -0.497 e. The SMILES string of the molecule is COc1cccc(-c2cccc(N3CCC(N4CCCC4)CC3)c2C#N)c1. The van der Waals surface area contributed by atoms with Crippen molar-refractivity contribution >= 4 is 5.69 Å². The summed E-state index contributed by atoms with van der Waals surface area (Å²) in [6.07, 6.45) is 5.07. The Labute approximate surface area is 162 Å². The Balaban J connectivity index is 1.58. The van der Waals surface area contributed by atoms with Crippen molar-refractivity contribution in [3.8, 4) is 22.9 Å². The number of benzene rings is 2. The molecule has 0 spiro atoms. The zero-order chi connectivity index (χ0) is 18.6. The lowest BCUT2D eigenvalue weighted by molar-refractivity contribution is 0.208. The summed E-state index contributed by atoms with van der Waals surface area (Å²) in [7, 11) is 1.67. The second-order valence-electron chi connectivity index (χ2n) is 7.50. The van der Waals surface area contributed by atoms with Crippen molar-refractivity contribution in [1.29, 1.82) is 5.26 Å². The molecule has 0 N–H and O–H groups in total. The van der Waals surface area contributed by atoms with E-state index in [0.29, 0.717) is 0 Å². The fourth-order valence-corrected chi connectivity index (χ4v) is 4.53. The van der Waals surface area contributed by atoms with Gasteiger partial charge in [0, 0.05) is 24.7 Å². The first kappa shape index (κ1) is 17.9. The summed E-state index contributed by atoms with van der Waals surface area (Å²) in [6.45, 7) is 4.58. The lowest BCUT2D eigenvalue weighted by Crippen LogP contribution is -2.44. The first-order valence-electron chi connectivity index (χ1n) is 9.96. The summed E-state index contributed by atoms with van der Waals surface area (Å²) in [5, 5.41) is 9.93. The lowest BCUT2D eigenvalue weighted by Gasteiger charge is -2.38. The molecule has 2 fully saturated rings. The summed E-state index contributed by atoms with van der Waals surface area (Å²) in [4.78, 5) is 5.06. The van der Waals surface area contributed by atoms with Crippen LogP contribution in [-0.4, -0.2) is 44.2 Å². The van der Waals surface area contributed by atoms with Gasteiger partial charge < -0.3 is 14.5 Å². The third-order valence-corrected chi connectivity index (χ3v) is 6.00. The Morgan fingerprint density at radius 3 is 2.44 bits per heavy atom. The Morgan fingerprint density at radius 2 is 1.74 bits per heavy atom. The van der Waals surface area contributed by atoms with Crippen LogP contribution in [0.2, 0.25) is 0 Å². The normalized spacial score (nSPS) is 18.4. The number of nitriles is 1. The number of methoxy groups -OCH3 is 1. The highest BCUT2D eigenvalue weighted by atomic mass is 16.5. The second-order valence-corrected chi connectivity index (χ2v) is 7.50. The first-order valence-corrected chi connectivity index (χ1v) is 9.96. The standard InChI is InChI=1S/C23H27N3O/c1-27-20-7-4-6-18(16-20)21-8-5-9-23(22(21)17-24)26-14-10-19(11-15-26)25-12-2-3-13-25/h4-9,16,19H,2-3,10-15H2,1H3. The summed E-state index contributed by atoms with van der Waals surface area (Å²) >= 11 is 0. The largest absolute Gasteiger partial charge is 0.497 e. The van der Waals surface area contributed by atoms with E-state index in [4.69, 9.17) is 4.74 Å². The molecule has 0 atom stereocenters. The topological polar surface area (TPSA) is 39.5 Å². The third-order valence-electron chi connectivity index (χ3n) is 6.00. The number of anilines is 1. The average molecular weight is 361 g/mol. The molecule has 2 aromatic carbocycles. The molecule has 2 aromatic rings. The van der Waals surface area contributed by atoms with Crippen molar-refractivity contribution in [2.45, 2.75) is 31.7 Å². The molecule has 2 aliphatic rings. The molecule has 0 radical (unpaired) electrons. The monoisotopic (exact) mass is 361 g/mol. The van der Waals surface area contributed by atoms with Crippen molar-refractivity contribution in [2.24, 2.45) is 0 Å². The van der Waals surface area contributed by atoms with Crippen molar-refractivity contribution in [3.63, 3.8) is 0 Å². The quantitative estimate of drug-likeness (QED) is 0.814. The molecule has 0 unspecified atom stereocenters. The maximum atomic E-state index is 9.93. The van der Waals surface area contributed by atoms with Crippen LogP contribution in [0.4, 0.5) is 5.69 Å². The van der Waals surface area contributed by atoms with Crippen LogP contribution in [0.15, 0.2) is 42.5 Å². The second kappa shape index (κ2) is 8.02. The van der Waals surface area contributed by atoms with E-state index in [-0.39, 0.29) is 0 Å². The Kier molecular flexibility index (Phi) is 5.31. The molecule has 0 aromatic heterocycles. The molecule has 27 heavy (non-hydrogen) atoms. The highest BCUT2D eigenvalue weighted by Gasteiger charge is 2.27. The van der Waals surface area contributed by atoms with Crippen LogP contribution in [-0.2, 0) is 0 Å². The van der Waals surface area contributed by atoms with E-state index in [1.807, 2.05) is 30.3 Å². The van der Waals surface area contributed by atoms with Gasteiger partial charge in [-0.1, -0.05) is 24.3 Å².